The van der Waals surface area contributed by atoms with E-state index in [1.165, 1.54) is 12.3 Å². The molecule has 0 atom stereocenters. The number of aliphatic imine (C=N–C) groups is 1. The number of rotatable bonds is 7. The summed E-state index contributed by atoms with van der Waals surface area (Å²) in [6, 6.07) is 10.2. The second-order valence-corrected chi connectivity index (χ2v) is 6.71. The fraction of sp³-hybridized carbons (Fsp3) is 0.286. The van der Waals surface area contributed by atoms with Gasteiger partial charge in [-0.25, -0.2) is 4.39 Å². The van der Waals surface area contributed by atoms with Crippen LogP contribution in [0.5, 0.6) is 11.5 Å². The largest absolute Gasteiger partial charge is 0.453 e. The van der Waals surface area contributed by atoms with Crippen LogP contribution >= 0.6 is 0 Å². The van der Waals surface area contributed by atoms with Crippen molar-refractivity contribution in [2.75, 3.05) is 7.05 Å². The number of pyridine rings is 1. The van der Waals surface area contributed by atoms with E-state index in [1.807, 2.05) is 6.07 Å². The van der Waals surface area contributed by atoms with Gasteiger partial charge in [-0.1, -0.05) is 25.1 Å². The van der Waals surface area contributed by atoms with Crippen LogP contribution in [0.2, 0.25) is 0 Å². The number of halogens is 1. The average Bonchev–Trinajstić information content (AvgIpc) is 3.20. The van der Waals surface area contributed by atoms with E-state index in [9.17, 15) is 4.39 Å². The quantitative estimate of drug-likeness (QED) is 0.463. The molecule has 0 spiro atoms. The van der Waals surface area contributed by atoms with Crippen LogP contribution in [0.15, 0.2) is 58.3 Å². The molecule has 0 aliphatic heterocycles. The molecular formula is C21H24FN5O2. The highest BCUT2D eigenvalue weighted by atomic mass is 19.1. The Labute approximate surface area is 169 Å². The molecule has 0 radical (unpaired) electrons. The highest BCUT2D eigenvalue weighted by Crippen LogP contribution is 2.24. The Morgan fingerprint density at radius 2 is 2.03 bits per heavy atom. The first-order valence-electron chi connectivity index (χ1n) is 9.31. The van der Waals surface area contributed by atoms with Crippen LogP contribution in [0.25, 0.3) is 0 Å². The predicted molar refractivity (Wildman–Crippen MR) is 108 cm³/mol. The summed E-state index contributed by atoms with van der Waals surface area (Å²) in [5, 5.41) is 10.3. The first-order chi connectivity index (χ1) is 14.0. The number of nitrogens with zero attached hydrogens (tertiary/aromatic N) is 3. The van der Waals surface area contributed by atoms with Gasteiger partial charge in [-0.2, -0.15) is 0 Å². The fourth-order valence-corrected chi connectivity index (χ4v) is 2.53. The monoisotopic (exact) mass is 397 g/mol. The zero-order chi connectivity index (χ0) is 20.6. The molecule has 0 aliphatic carbocycles. The Balaban J connectivity index is 1.53. The Morgan fingerprint density at radius 1 is 1.21 bits per heavy atom. The molecule has 0 saturated heterocycles. The van der Waals surface area contributed by atoms with Gasteiger partial charge in [-0.05, 0) is 35.7 Å². The highest BCUT2D eigenvalue weighted by molar-refractivity contribution is 5.79. The summed E-state index contributed by atoms with van der Waals surface area (Å²) >= 11 is 0. The Hall–Kier alpha value is -3.42. The normalized spacial score (nSPS) is 11.6. The molecule has 29 heavy (non-hydrogen) atoms. The van der Waals surface area contributed by atoms with Gasteiger partial charge in [0.2, 0.25) is 0 Å². The molecule has 0 saturated carbocycles. The van der Waals surface area contributed by atoms with Gasteiger partial charge in [-0.15, -0.1) is 0 Å². The third-order valence-corrected chi connectivity index (χ3v) is 4.14. The number of ether oxygens (including phenoxy) is 1. The first-order valence-corrected chi connectivity index (χ1v) is 9.31. The maximum Gasteiger partial charge on any atom is 0.191 e. The van der Waals surface area contributed by atoms with Crippen LogP contribution in [0.1, 0.15) is 36.8 Å². The summed E-state index contributed by atoms with van der Waals surface area (Å²) in [6.45, 7) is 4.96. The van der Waals surface area contributed by atoms with Gasteiger partial charge in [0.05, 0.1) is 18.4 Å². The molecule has 2 heterocycles. The van der Waals surface area contributed by atoms with Gasteiger partial charge < -0.3 is 19.9 Å². The van der Waals surface area contributed by atoms with E-state index >= 15 is 0 Å². The van der Waals surface area contributed by atoms with Gasteiger partial charge >= 0.3 is 0 Å². The fourth-order valence-electron chi connectivity index (χ4n) is 2.53. The second kappa shape index (κ2) is 9.68. The number of benzene rings is 1. The van der Waals surface area contributed by atoms with Gasteiger partial charge in [0, 0.05) is 25.9 Å². The molecule has 152 valence electrons. The van der Waals surface area contributed by atoms with Crippen LogP contribution in [0.4, 0.5) is 4.39 Å². The molecule has 8 heteroatoms. The molecule has 0 aliphatic rings. The summed E-state index contributed by atoms with van der Waals surface area (Å²) in [5.41, 5.74) is 1.67. The number of aromatic nitrogens is 2. The van der Waals surface area contributed by atoms with Gasteiger partial charge in [-0.3, -0.25) is 9.98 Å². The van der Waals surface area contributed by atoms with E-state index in [-0.39, 0.29) is 5.75 Å². The summed E-state index contributed by atoms with van der Waals surface area (Å²) in [6.07, 6.45) is 3.16. The zero-order valence-corrected chi connectivity index (χ0v) is 16.6. The summed E-state index contributed by atoms with van der Waals surface area (Å²) in [5.74, 6) is 1.79. The van der Waals surface area contributed by atoms with Crippen LogP contribution in [0.3, 0.4) is 0 Å². The smallest absolute Gasteiger partial charge is 0.191 e. The Kier molecular flexibility index (Phi) is 6.78. The molecule has 1 aromatic carbocycles. The average molecular weight is 397 g/mol. The maximum absolute atomic E-state index is 14.3. The molecule has 7 nitrogen and oxygen atoms in total. The van der Waals surface area contributed by atoms with Gasteiger partial charge in [0.25, 0.3) is 0 Å². The molecular weight excluding hydrogens is 373 g/mol. The number of hydrogen-bond donors (Lipinski definition) is 2. The van der Waals surface area contributed by atoms with Gasteiger partial charge in [0.15, 0.2) is 23.3 Å². The van der Waals surface area contributed by atoms with E-state index in [0.29, 0.717) is 30.7 Å². The second-order valence-electron chi connectivity index (χ2n) is 6.71. The van der Waals surface area contributed by atoms with Crippen LogP contribution in [-0.2, 0) is 13.1 Å². The van der Waals surface area contributed by atoms with Crippen molar-refractivity contribution in [1.82, 2.24) is 20.8 Å². The Bertz CT molecular complexity index is 957. The highest BCUT2D eigenvalue weighted by Gasteiger charge is 2.09. The predicted octanol–water partition coefficient (Wildman–Crippen LogP) is 3.99. The van der Waals surface area contributed by atoms with E-state index in [1.54, 1.807) is 37.5 Å². The van der Waals surface area contributed by atoms with Crippen LogP contribution in [0, 0.1) is 5.82 Å². The zero-order valence-electron chi connectivity index (χ0n) is 16.6. The van der Waals surface area contributed by atoms with Gasteiger partial charge in [0.1, 0.15) is 5.75 Å². The molecule has 0 bridgehead atoms. The van der Waals surface area contributed by atoms with Crippen molar-refractivity contribution < 1.29 is 13.7 Å². The van der Waals surface area contributed by atoms with Crippen molar-refractivity contribution in [3.63, 3.8) is 0 Å². The lowest BCUT2D eigenvalue weighted by atomic mass is 10.1. The van der Waals surface area contributed by atoms with Crippen molar-refractivity contribution in [3.8, 4) is 11.5 Å². The SMILES string of the molecule is CN=C(NCc1ccc(Oc2cccnc2)c(F)c1)NCc1cc(C(C)C)no1. The van der Waals surface area contributed by atoms with E-state index in [4.69, 9.17) is 9.26 Å². The lowest BCUT2D eigenvalue weighted by Gasteiger charge is -2.12. The molecule has 2 N–H and O–H groups in total. The van der Waals surface area contributed by atoms with Crippen LogP contribution < -0.4 is 15.4 Å². The van der Waals surface area contributed by atoms with Crippen molar-refractivity contribution in [2.45, 2.75) is 32.9 Å². The topological polar surface area (TPSA) is 84.6 Å². The minimum absolute atomic E-state index is 0.149. The molecule has 3 aromatic rings. The van der Waals surface area contributed by atoms with Crippen molar-refractivity contribution in [2.24, 2.45) is 4.99 Å². The Morgan fingerprint density at radius 3 is 2.69 bits per heavy atom. The minimum Gasteiger partial charge on any atom is -0.453 e. The number of hydrogen-bond acceptors (Lipinski definition) is 5. The van der Waals surface area contributed by atoms with Crippen LogP contribution in [-0.4, -0.2) is 23.1 Å². The van der Waals surface area contributed by atoms with E-state index in [0.717, 1.165) is 17.0 Å². The molecule has 0 fully saturated rings. The minimum atomic E-state index is -0.445. The summed E-state index contributed by atoms with van der Waals surface area (Å²) in [7, 11) is 1.67. The third kappa shape index (κ3) is 5.78. The van der Waals surface area contributed by atoms with E-state index in [2.05, 4.69) is 39.6 Å². The summed E-state index contributed by atoms with van der Waals surface area (Å²) in [4.78, 5) is 8.11. The van der Waals surface area contributed by atoms with E-state index < -0.39 is 5.82 Å². The van der Waals surface area contributed by atoms with Crippen molar-refractivity contribution in [1.29, 1.82) is 0 Å². The lowest BCUT2D eigenvalue weighted by Crippen LogP contribution is -2.36. The van der Waals surface area contributed by atoms with Crippen molar-refractivity contribution in [3.05, 3.63) is 71.6 Å². The summed E-state index contributed by atoms with van der Waals surface area (Å²) < 4.78 is 25.1. The standard InChI is InChI=1S/C21H24FN5O2/c1-14(2)19-10-17(29-27-19)13-26-21(23-3)25-11-15-6-7-20(18(22)9-15)28-16-5-4-8-24-12-16/h4-10,12,14H,11,13H2,1-3H3,(H2,23,25,26). The molecule has 0 amide bonds. The first kappa shape index (κ1) is 20.3. The number of nitrogens with one attached hydrogen (secondary N) is 2. The maximum atomic E-state index is 14.3. The third-order valence-electron chi connectivity index (χ3n) is 4.14. The lowest BCUT2D eigenvalue weighted by molar-refractivity contribution is 0.372. The molecule has 3 rings (SSSR count). The number of guanidine groups is 1. The molecule has 0 unspecified atom stereocenters. The molecule has 2 aromatic heterocycles. The van der Waals surface area contributed by atoms with Crippen molar-refractivity contribution >= 4 is 5.96 Å².